The number of carboxylic acids is 1. The molecule has 11 heteroatoms. The number of nitrogens with two attached hydrogens (primary N) is 1. The Labute approximate surface area is 187 Å². The standard InChI is InChI=1S/C21H32N4O7/c22-19-3-1-18(2-4-19)11-20-12-24(13-21(28)29)8-10-30-9-7-23(14-31-16-26)5-6-25(20)15-32-17-27/h1-4,16-17,20H,5-15,22H2,(H,28,29). The van der Waals surface area contributed by atoms with Gasteiger partial charge in [0.2, 0.25) is 0 Å². The summed E-state index contributed by atoms with van der Waals surface area (Å²) < 4.78 is 15.7. The van der Waals surface area contributed by atoms with Gasteiger partial charge >= 0.3 is 5.97 Å². The van der Waals surface area contributed by atoms with Gasteiger partial charge in [-0.2, -0.15) is 0 Å². The van der Waals surface area contributed by atoms with Crippen molar-refractivity contribution >= 4 is 24.6 Å². The molecule has 0 bridgehead atoms. The van der Waals surface area contributed by atoms with Crippen molar-refractivity contribution in [3.63, 3.8) is 0 Å². The monoisotopic (exact) mass is 452 g/mol. The Kier molecular flexibility index (Phi) is 11.5. The first-order valence-electron chi connectivity index (χ1n) is 10.4. The number of aliphatic carboxylic acids is 1. The summed E-state index contributed by atoms with van der Waals surface area (Å²) in [5.41, 5.74) is 7.49. The SMILES string of the molecule is Nc1ccc(CC2CN(CC(=O)O)CCOCCN(COC=O)CCN2COC=O)cc1. The number of nitrogen functional groups attached to an aromatic ring is 1. The highest BCUT2D eigenvalue weighted by atomic mass is 16.5. The lowest BCUT2D eigenvalue weighted by atomic mass is 10.0. The molecule has 1 atom stereocenters. The number of carbonyl (C=O) groups is 3. The summed E-state index contributed by atoms with van der Waals surface area (Å²) in [6.45, 7) is 4.12. The maximum atomic E-state index is 11.4. The van der Waals surface area contributed by atoms with Crippen molar-refractivity contribution in [3.05, 3.63) is 29.8 Å². The molecular weight excluding hydrogens is 420 g/mol. The van der Waals surface area contributed by atoms with Gasteiger partial charge in [0.25, 0.3) is 12.9 Å². The molecule has 1 saturated heterocycles. The van der Waals surface area contributed by atoms with Crippen LogP contribution in [0.15, 0.2) is 24.3 Å². The second kappa shape index (κ2) is 14.4. The number of carbonyl (C=O) groups excluding carboxylic acids is 2. The Morgan fingerprint density at radius 2 is 1.69 bits per heavy atom. The average molecular weight is 453 g/mol. The molecule has 0 radical (unpaired) electrons. The van der Waals surface area contributed by atoms with Crippen molar-refractivity contribution in [2.75, 3.05) is 71.7 Å². The molecule has 11 nitrogen and oxygen atoms in total. The van der Waals surface area contributed by atoms with Crippen LogP contribution in [-0.4, -0.2) is 111 Å². The third-order valence-corrected chi connectivity index (χ3v) is 5.24. The van der Waals surface area contributed by atoms with E-state index in [4.69, 9.17) is 19.9 Å². The van der Waals surface area contributed by atoms with Crippen LogP contribution in [-0.2, 0) is 35.0 Å². The van der Waals surface area contributed by atoms with Gasteiger partial charge in [0, 0.05) is 44.5 Å². The van der Waals surface area contributed by atoms with Gasteiger partial charge < -0.3 is 25.1 Å². The molecule has 1 fully saturated rings. The van der Waals surface area contributed by atoms with Gasteiger partial charge in [-0.15, -0.1) is 0 Å². The summed E-state index contributed by atoms with van der Waals surface area (Å²) in [7, 11) is 0. The molecule has 1 aliphatic rings. The second-order valence-electron chi connectivity index (χ2n) is 7.56. The molecule has 1 unspecified atom stereocenters. The summed E-state index contributed by atoms with van der Waals surface area (Å²) in [6, 6.07) is 7.35. The quantitative estimate of drug-likeness (QED) is 0.350. The van der Waals surface area contributed by atoms with Gasteiger partial charge in [0.1, 0.15) is 13.5 Å². The van der Waals surface area contributed by atoms with E-state index in [-0.39, 0.29) is 26.0 Å². The highest BCUT2D eigenvalue weighted by molar-refractivity contribution is 5.69. The third-order valence-electron chi connectivity index (χ3n) is 5.24. The fourth-order valence-corrected chi connectivity index (χ4v) is 3.57. The molecule has 0 spiro atoms. The minimum absolute atomic E-state index is 0.0585. The Balaban J connectivity index is 2.25. The number of carboxylic acid groups (broad SMARTS) is 1. The van der Waals surface area contributed by atoms with Gasteiger partial charge in [-0.25, -0.2) is 0 Å². The van der Waals surface area contributed by atoms with Gasteiger partial charge in [-0.05, 0) is 24.1 Å². The normalized spacial score (nSPS) is 19.9. The molecule has 0 aliphatic carbocycles. The Morgan fingerprint density at radius 3 is 2.34 bits per heavy atom. The van der Waals surface area contributed by atoms with E-state index in [1.54, 1.807) is 0 Å². The van der Waals surface area contributed by atoms with Crippen LogP contribution < -0.4 is 5.73 Å². The molecule has 1 aliphatic heterocycles. The maximum absolute atomic E-state index is 11.4. The smallest absolute Gasteiger partial charge is 0.317 e. The summed E-state index contributed by atoms with van der Waals surface area (Å²) in [5, 5.41) is 9.36. The van der Waals surface area contributed by atoms with Gasteiger partial charge in [-0.1, -0.05) is 12.1 Å². The highest BCUT2D eigenvalue weighted by Gasteiger charge is 2.25. The van der Waals surface area contributed by atoms with Crippen LogP contribution in [0, 0.1) is 0 Å². The number of hydrogen-bond acceptors (Lipinski definition) is 10. The van der Waals surface area contributed by atoms with E-state index in [0.717, 1.165) is 5.56 Å². The summed E-state index contributed by atoms with van der Waals surface area (Å²) in [6.07, 6.45) is 0.601. The molecule has 0 amide bonds. The van der Waals surface area contributed by atoms with Crippen LogP contribution in [0.1, 0.15) is 5.56 Å². The van der Waals surface area contributed by atoms with Gasteiger partial charge in [-0.3, -0.25) is 29.1 Å². The van der Waals surface area contributed by atoms with Crippen LogP contribution in [0.2, 0.25) is 0 Å². The van der Waals surface area contributed by atoms with Crippen molar-refractivity contribution in [1.29, 1.82) is 0 Å². The first-order chi connectivity index (χ1) is 15.5. The predicted molar refractivity (Wildman–Crippen MR) is 116 cm³/mol. The molecule has 0 saturated carbocycles. The zero-order chi connectivity index (χ0) is 23.2. The fourth-order valence-electron chi connectivity index (χ4n) is 3.57. The number of rotatable bonds is 10. The zero-order valence-electron chi connectivity index (χ0n) is 18.1. The molecule has 1 aromatic rings. The van der Waals surface area contributed by atoms with E-state index < -0.39 is 5.97 Å². The second-order valence-corrected chi connectivity index (χ2v) is 7.56. The Hall–Kier alpha value is -2.73. The Bertz CT molecular complexity index is 704. The van der Waals surface area contributed by atoms with E-state index in [2.05, 4.69) is 0 Å². The van der Waals surface area contributed by atoms with Crippen molar-refractivity contribution < 1.29 is 33.7 Å². The largest absolute Gasteiger partial charge is 0.480 e. The average Bonchev–Trinajstić information content (AvgIpc) is 2.76. The van der Waals surface area contributed by atoms with E-state index in [0.29, 0.717) is 71.0 Å². The van der Waals surface area contributed by atoms with Crippen molar-refractivity contribution in [1.82, 2.24) is 14.7 Å². The van der Waals surface area contributed by atoms with Crippen LogP contribution in [0.3, 0.4) is 0 Å². The molecule has 32 heavy (non-hydrogen) atoms. The Morgan fingerprint density at radius 1 is 1.03 bits per heavy atom. The predicted octanol–water partition coefficient (Wildman–Crippen LogP) is -0.538. The number of nitrogens with zero attached hydrogens (tertiary/aromatic N) is 3. The van der Waals surface area contributed by atoms with Crippen LogP contribution in [0.4, 0.5) is 5.69 Å². The lowest BCUT2D eigenvalue weighted by molar-refractivity contribution is -0.139. The number of ether oxygens (including phenoxy) is 3. The van der Waals surface area contributed by atoms with Crippen molar-refractivity contribution in [3.8, 4) is 0 Å². The zero-order valence-corrected chi connectivity index (χ0v) is 18.1. The molecule has 2 rings (SSSR count). The van der Waals surface area contributed by atoms with Crippen LogP contribution >= 0.6 is 0 Å². The van der Waals surface area contributed by atoms with Gasteiger partial charge in [0.15, 0.2) is 0 Å². The molecule has 178 valence electrons. The van der Waals surface area contributed by atoms with Gasteiger partial charge in [0.05, 0.1) is 19.8 Å². The topological polar surface area (TPSA) is 135 Å². The third kappa shape index (κ3) is 9.60. The number of hydrogen-bond donors (Lipinski definition) is 2. The highest BCUT2D eigenvalue weighted by Crippen LogP contribution is 2.14. The lowest BCUT2D eigenvalue weighted by Gasteiger charge is -2.36. The fraction of sp³-hybridized carbons (Fsp3) is 0.571. The molecular formula is C21H32N4O7. The van der Waals surface area contributed by atoms with E-state index in [1.807, 2.05) is 39.0 Å². The van der Waals surface area contributed by atoms with E-state index in [9.17, 15) is 19.5 Å². The summed E-state index contributed by atoms with van der Waals surface area (Å²) in [5.74, 6) is -0.920. The minimum atomic E-state index is -0.920. The minimum Gasteiger partial charge on any atom is -0.480 e. The number of anilines is 1. The van der Waals surface area contributed by atoms with Crippen molar-refractivity contribution in [2.45, 2.75) is 12.5 Å². The molecule has 1 aromatic carbocycles. The molecule has 3 N–H and O–H groups in total. The first-order valence-corrected chi connectivity index (χ1v) is 10.4. The van der Waals surface area contributed by atoms with Crippen LogP contribution in [0.5, 0.6) is 0 Å². The maximum Gasteiger partial charge on any atom is 0.317 e. The van der Waals surface area contributed by atoms with E-state index in [1.165, 1.54) is 0 Å². The summed E-state index contributed by atoms with van der Waals surface area (Å²) in [4.78, 5) is 38.7. The van der Waals surface area contributed by atoms with E-state index >= 15 is 0 Å². The first kappa shape index (κ1) is 25.5. The molecule has 1 heterocycles. The lowest BCUT2D eigenvalue weighted by Crippen LogP contribution is -2.51. The molecule has 0 aromatic heterocycles. The number of benzene rings is 1. The van der Waals surface area contributed by atoms with Crippen LogP contribution in [0.25, 0.3) is 0 Å². The summed E-state index contributed by atoms with van der Waals surface area (Å²) >= 11 is 0. The van der Waals surface area contributed by atoms with Crippen molar-refractivity contribution in [2.24, 2.45) is 0 Å².